The number of fused-ring (bicyclic) bond motifs is 8. The zero-order valence-corrected chi connectivity index (χ0v) is 32.4. The number of benzene rings is 4. The van der Waals surface area contributed by atoms with E-state index in [1.807, 2.05) is 0 Å². The first-order chi connectivity index (χ1) is 29.0. The Kier molecular flexibility index (Phi) is 10.4. The molecule has 4 aromatic carbocycles. The van der Waals surface area contributed by atoms with E-state index in [0.717, 1.165) is 0 Å². The fraction of sp³-hybridized carbons (Fsp3) is 0. The Morgan fingerprint density at radius 3 is 0.721 bits per heavy atom. The van der Waals surface area contributed by atoms with E-state index in [9.17, 15) is 39.6 Å². The summed E-state index contributed by atoms with van der Waals surface area (Å²) in [4.78, 5) is 67.2. The quantitative estimate of drug-likeness (QED) is 0.194. The molecule has 0 unspecified atom stereocenters. The monoisotopic (exact) mass is 844 g/mol. The number of aromatic nitrogens is 4. The third-order valence-corrected chi connectivity index (χ3v) is 10.2. The third-order valence-electron chi connectivity index (χ3n) is 10.2. The van der Waals surface area contributed by atoms with Gasteiger partial charge in [0, 0.05) is 0 Å². The van der Waals surface area contributed by atoms with Crippen LogP contribution in [-0.4, -0.2) is 33.8 Å². The number of rotatable bonds is 8. The summed E-state index contributed by atoms with van der Waals surface area (Å²) in [6.45, 7) is 0. The molecule has 2 aliphatic rings. The van der Waals surface area contributed by atoms with Crippen LogP contribution in [0.2, 0.25) is 0 Å². The summed E-state index contributed by atoms with van der Waals surface area (Å²) in [6, 6.07) is 31.8. The minimum absolute atomic E-state index is 0. The van der Waals surface area contributed by atoms with Gasteiger partial charge in [-0.05, 0) is 91.1 Å². The number of hydrogen-bond acceptors (Lipinski definition) is 10. The van der Waals surface area contributed by atoms with Gasteiger partial charge in [-0.1, -0.05) is 121 Å². The molecular formula is C48H28FeN4O8+. The molecule has 0 N–H and O–H groups in total. The molecule has 0 saturated heterocycles. The van der Waals surface area contributed by atoms with Gasteiger partial charge in [0.25, 0.3) is 0 Å². The molecule has 13 heteroatoms. The van der Waals surface area contributed by atoms with Gasteiger partial charge in [0.15, 0.2) is 0 Å². The normalized spacial score (nSPS) is 11.5. The minimum atomic E-state index is -1.34. The van der Waals surface area contributed by atoms with Crippen LogP contribution in [0.5, 0.6) is 0 Å². The van der Waals surface area contributed by atoms with Crippen LogP contribution in [0.25, 0.3) is 90.9 Å². The predicted octanol–water partition coefficient (Wildman–Crippen LogP) is 4.48. The van der Waals surface area contributed by atoms with Crippen LogP contribution < -0.4 is 30.4 Å². The average molecular weight is 845 g/mol. The molecule has 295 valence electrons. The van der Waals surface area contributed by atoms with Crippen molar-refractivity contribution >= 4 is 70.2 Å². The van der Waals surface area contributed by atoms with Gasteiger partial charge in [-0.2, -0.15) is 0 Å². The second-order valence-electron chi connectivity index (χ2n) is 13.8. The second kappa shape index (κ2) is 15.9. The molecule has 0 spiro atoms. The molecule has 2 aliphatic heterocycles. The van der Waals surface area contributed by atoms with Gasteiger partial charge >= 0.3 is 22.8 Å². The largest absolute Gasteiger partial charge is 3.00 e. The Labute approximate surface area is 362 Å². The van der Waals surface area contributed by atoms with Crippen molar-refractivity contribution in [2.24, 2.45) is 0 Å². The van der Waals surface area contributed by atoms with Gasteiger partial charge in [-0.15, -0.1) is 22.1 Å². The molecule has 0 aliphatic carbocycles. The molecule has 61 heavy (non-hydrogen) atoms. The van der Waals surface area contributed by atoms with E-state index in [1.165, 1.54) is 48.5 Å². The summed E-state index contributed by atoms with van der Waals surface area (Å²) in [5.41, 5.74) is 8.39. The Hall–Kier alpha value is -8.12. The van der Waals surface area contributed by atoms with Gasteiger partial charge in [0.2, 0.25) is 0 Å². The fourth-order valence-electron chi connectivity index (χ4n) is 7.36. The molecule has 8 bridgehead atoms. The molecule has 12 nitrogen and oxygen atoms in total. The van der Waals surface area contributed by atoms with Gasteiger partial charge in [0.05, 0.1) is 46.7 Å². The van der Waals surface area contributed by atoms with Crippen molar-refractivity contribution in [3.63, 3.8) is 0 Å². The minimum Gasteiger partial charge on any atom is -0.657 e. The summed E-state index contributed by atoms with van der Waals surface area (Å²) in [7, 11) is 0. The molecule has 0 fully saturated rings. The first kappa shape index (κ1) is 39.7. The number of carboxylic acid groups (broad SMARTS) is 4. The van der Waals surface area contributed by atoms with Crippen LogP contribution in [0.3, 0.4) is 0 Å². The summed E-state index contributed by atoms with van der Waals surface area (Å²) in [6.07, 6.45) is 7.20. The Morgan fingerprint density at radius 1 is 0.344 bits per heavy atom. The maximum atomic E-state index is 11.7. The summed E-state index contributed by atoms with van der Waals surface area (Å²) in [5.74, 6) is -5.34. The van der Waals surface area contributed by atoms with Crippen molar-refractivity contribution < 1.29 is 62.4 Å². The molecule has 3 aromatic heterocycles. The maximum Gasteiger partial charge on any atom is 3.00 e. The van der Waals surface area contributed by atoms with Crippen molar-refractivity contribution in [3.8, 4) is 44.5 Å². The molecule has 9 rings (SSSR count). The number of carboxylic acids is 4. The number of carbonyl (C=O) groups excluding carboxylic acids is 4. The smallest absolute Gasteiger partial charge is 0.657 e. The predicted molar refractivity (Wildman–Crippen MR) is 220 cm³/mol. The van der Waals surface area contributed by atoms with Gasteiger partial charge in [-0.25, -0.2) is 9.97 Å². The van der Waals surface area contributed by atoms with E-state index in [1.54, 1.807) is 97.1 Å². The molecule has 1 radical (unpaired) electrons. The number of aromatic carboxylic acids is 4. The zero-order chi connectivity index (χ0) is 41.7. The van der Waals surface area contributed by atoms with Crippen LogP contribution in [-0.2, 0) is 17.1 Å². The fourth-order valence-corrected chi connectivity index (χ4v) is 7.36. The zero-order valence-electron chi connectivity index (χ0n) is 35.3. The Morgan fingerprint density at radius 2 is 0.541 bits per heavy atom. The number of hydrogen-bond donors (Lipinski definition) is 0. The molecule has 5 heterocycles. The van der Waals surface area contributed by atoms with Crippen LogP contribution in [0.15, 0.2) is 121 Å². The van der Waals surface area contributed by atoms with E-state index >= 15 is 0 Å². The van der Waals surface area contributed by atoms with Crippen molar-refractivity contribution in [3.05, 3.63) is 166 Å². The van der Waals surface area contributed by atoms with Crippen LogP contribution >= 0.6 is 0 Å². The summed E-state index contributed by atoms with van der Waals surface area (Å²) < 4.78 is 0. The van der Waals surface area contributed by atoms with E-state index in [-0.39, 0.29) is 45.0 Å². The summed E-state index contributed by atoms with van der Waals surface area (Å²) in [5, 5.41) is 46.8. The maximum absolute atomic E-state index is 11.7. The molecular weight excluding hydrogens is 816 g/mol. The van der Waals surface area contributed by atoms with Crippen molar-refractivity contribution in [2.75, 3.05) is 0 Å². The van der Waals surface area contributed by atoms with Crippen molar-refractivity contribution in [1.82, 2.24) is 19.9 Å². The average Bonchev–Trinajstić information content (AvgIpc) is 4.10. The van der Waals surface area contributed by atoms with E-state index in [2.05, 4.69) is 0 Å². The van der Waals surface area contributed by atoms with Crippen molar-refractivity contribution in [1.29, 1.82) is 0 Å². The molecule has 7 aromatic rings. The second-order valence-corrected chi connectivity index (χ2v) is 13.8. The van der Waals surface area contributed by atoms with Crippen LogP contribution in [0, 0.1) is 0 Å². The van der Waals surface area contributed by atoms with Crippen LogP contribution in [0.4, 0.5) is 0 Å². The SMILES string of the molecule is O=C([O-])c1ccc(-c2c3nc(c(-c4ccc(C(=O)[O-])cc4)c4ccc([n-]4)c(-c4ccc(C(=O)[O-])cc4)c4nc(c(-c5ccc(C(=O)[O-])cc5)c5ccc2[n-]5)C=C4)C=C3)cc1.[Fe+3].[H+].[H+].[H+].[H+]. The molecule has 0 atom stereocenters. The number of nitrogens with zero attached hydrogens (tertiary/aromatic N) is 4. The van der Waals surface area contributed by atoms with Gasteiger partial charge < -0.3 is 49.6 Å². The van der Waals surface area contributed by atoms with Gasteiger partial charge in [0.1, 0.15) is 0 Å². The third kappa shape index (κ3) is 7.42. The Balaban J connectivity index is 0.00000185. The Bertz CT molecular complexity index is 2780. The van der Waals surface area contributed by atoms with E-state index in [0.29, 0.717) is 89.4 Å². The first-order valence-corrected chi connectivity index (χ1v) is 18.4. The molecule has 0 saturated carbocycles. The number of carbonyl (C=O) groups is 4. The van der Waals surface area contributed by atoms with Crippen molar-refractivity contribution in [2.45, 2.75) is 0 Å². The van der Waals surface area contributed by atoms with Crippen LogP contribution in [0.1, 0.15) is 69.9 Å². The topological polar surface area (TPSA) is 214 Å². The first-order valence-electron chi connectivity index (χ1n) is 18.4. The summed E-state index contributed by atoms with van der Waals surface area (Å²) >= 11 is 0. The standard InChI is InChI=1S/C48H30N4O8.Fe/c53-45(54)29-9-1-25(2-10-29)41-33-17-19-35(49-33)42(26-3-11-30(12-4-26)46(55)56)37-21-23-39(51-37)44(28-7-15-32(16-8-28)48(59)60)40-24-22-38(52-40)43(36-20-18-34(41)50-36)27-5-13-31(14-6-27)47(57)58;/h1-24H,(H6,49,50,51,52,53,54,55,56,57,58,59,60);/q;+3/p-2. The van der Waals surface area contributed by atoms with E-state index < -0.39 is 23.9 Å². The molecule has 0 amide bonds. The van der Waals surface area contributed by atoms with E-state index in [4.69, 9.17) is 19.9 Å². The van der Waals surface area contributed by atoms with Gasteiger partial charge in [-0.3, -0.25) is 0 Å².